The molecule has 2 heterocycles. The van der Waals surface area contributed by atoms with Crippen LogP contribution < -0.4 is 0 Å². The van der Waals surface area contributed by atoms with Crippen LogP contribution in [0.25, 0.3) is 0 Å². The lowest BCUT2D eigenvalue weighted by molar-refractivity contribution is 0.0698. The third kappa shape index (κ3) is 2.08. The van der Waals surface area contributed by atoms with Crippen LogP contribution in [0.3, 0.4) is 0 Å². The number of piperidine rings is 1. The van der Waals surface area contributed by atoms with Crippen LogP contribution >= 0.6 is 0 Å². The van der Waals surface area contributed by atoms with Crippen LogP contribution in [0.5, 0.6) is 0 Å². The summed E-state index contributed by atoms with van der Waals surface area (Å²) in [4.78, 5) is 13.8. The minimum absolute atomic E-state index is 0.0225. The molecule has 1 aromatic rings. The molecule has 0 N–H and O–H groups in total. The number of hydrogen-bond acceptors (Lipinski definition) is 3. The van der Waals surface area contributed by atoms with E-state index < -0.39 is 0 Å². The Morgan fingerprint density at radius 3 is 3.12 bits per heavy atom. The van der Waals surface area contributed by atoms with Gasteiger partial charge in [-0.15, -0.1) is 0 Å². The minimum atomic E-state index is -0.0307. The Morgan fingerprint density at radius 1 is 1.69 bits per heavy atom. The molecule has 0 aromatic carbocycles. The lowest BCUT2D eigenvalue weighted by atomic mass is 9.99. The van der Waals surface area contributed by atoms with Crippen LogP contribution in [0, 0.1) is 24.2 Å². The van der Waals surface area contributed by atoms with Gasteiger partial charge in [0.25, 0.3) is 5.91 Å². The first kappa shape index (κ1) is 10.7. The van der Waals surface area contributed by atoms with Crippen molar-refractivity contribution < 1.29 is 9.21 Å². The molecule has 1 amide bonds. The molecule has 0 aliphatic carbocycles. The zero-order valence-electron chi connectivity index (χ0n) is 9.27. The molecule has 1 atom stereocenters. The van der Waals surface area contributed by atoms with Gasteiger partial charge < -0.3 is 9.32 Å². The molecule has 0 bridgehead atoms. The van der Waals surface area contributed by atoms with Crippen molar-refractivity contribution in [3.63, 3.8) is 0 Å². The molecule has 84 valence electrons. The van der Waals surface area contributed by atoms with E-state index >= 15 is 0 Å². The van der Waals surface area contributed by atoms with Gasteiger partial charge in [0.15, 0.2) is 0 Å². The van der Waals surface area contributed by atoms with Crippen molar-refractivity contribution in [3.8, 4) is 6.07 Å². The fraction of sp³-hybridized carbons (Fsp3) is 0.500. The highest BCUT2D eigenvalue weighted by atomic mass is 16.3. The summed E-state index contributed by atoms with van der Waals surface area (Å²) in [6.45, 7) is 3.09. The summed E-state index contributed by atoms with van der Waals surface area (Å²) in [6, 6.07) is 3.96. The van der Waals surface area contributed by atoms with E-state index in [2.05, 4.69) is 6.07 Å². The Labute approximate surface area is 94.5 Å². The summed E-state index contributed by atoms with van der Waals surface area (Å²) in [6.07, 6.45) is 3.28. The topological polar surface area (TPSA) is 57.2 Å². The Balaban J connectivity index is 2.08. The third-order valence-corrected chi connectivity index (χ3v) is 2.87. The molecule has 0 radical (unpaired) electrons. The van der Waals surface area contributed by atoms with Gasteiger partial charge in [0.1, 0.15) is 12.0 Å². The molecule has 4 heteroatoms. The second-order valence-electron chi connectivity index (χ2n) is 4.17. The average molecular weight is 218 g/mol. The molecular weight excluding hydrogens is 204 g/mol. The number of carbonyl (C=O) groups is 1. The first-order valence-corrected chi connectivity index (χ1v) is 5.44. The Hall–Kier alpha value is -1.76. The van der Waals surface area contributed by atoms with Crippen molar-refractivity contribution in [1.82, 2.24) is 4.90 Å². The zero-order chi connectivity index (χ0) is 11.5. The maximum atomic E-state index is 12.0. The predicted octanol–water partition coefficient (Wildman–Crippen LogP) is 1.96. The van der Waals surface area contributed by atoms with E-state index in [1.54, 1.807) is 11.0 Å². The summed E-state index contributed by atoms with van der Waals surface area (Å²) in [7, 11) is 0. The molecule has 16 heavy (non-hydrogen) atoms. The van der Waals surface area contributed by atoms with Crippen LogP contribution in [0.15, 0.2) is 16.7 Å². The van der Waals surface area contributed by atoms with Gasteiger partial charge in [-0.25, -0.2) is 0 Å². The van der Waals surface area contributed by atoms with E-state index in [1.165, 1.54) is 6.26 Å². The molecule has 1 aromatic heterocycles. The van der Waals surface area contributed by atoms with Gasteiger partial charge >= 0.3 is 0 Å². The summed E-state index contributed by atoms with van der Waals surface area (Å²) in [5.41, 5.74) is 0.580. The second kappa shape index (κ2) is 4.40. The maximum Gasteiger partial charge on any atom is 0.257 e. The third-order valence-electron chi connectivity index (χ3n) is 2.87. The van der Waals surface area contributed by atoms with Gasteiger partial charge in [-0.1, -0.05) is 0 Å². The largest absolute Gasteiger partial charge is 0.469 e. The average Bonchev–Trinajstić information content (AvgIpc) is 2.75. The minimum Gasteiger partial charge on any atom is -0.469 e. The fourth-order valence-corrected chi connectivity index (χ4v) is 2.01. The summed E-state index contributed by atoms with van der Waals surface area (Å²) >= 11 is 0. The standard InChI is InChI=1S/C12H14N2O2/c1-9-5-11(8-16-9)12(15)14-4-2-3-10(6-13)7-14/h5,8,10H,2-4,7H2,1H3. The number of nitrogens with zero attached hydrogens (tertiary/aromatic N) is 2. The first-order valence-electron chi connectivity index (χ1n) is 5.44. The number of aryl methyl sites for hydroxylation is 1. The molecule has 1 saturated heterocycles. The van der Waals surface area contributed by atoms with E-state index in [1.807, 2.05) is 6.92 Å². The molecular formula is C12H14N2O2. The van der Waals surface area contributed by atoms with E-state index in [9.17, 15) is 4.79 Å². The van der Waals surface area contributed by atoms with Crippen molar-refractivity contribution in [2.24, 2.45) is 5.92 Å². The van der Waals surface area contributed by atoms with Crippen molar-refractivity contribution in [2.45, 2.75) is 19.8 Å². The number of likely N-dealkylation sites (tertiary alicyclic amines) is 1. The fourth-order valence-electron chi connectivity index (χ4n) is 2.01. The highest BCUT2D eigenvalue weighted by Gasteiger charge is 2.24. The van der Waals surface area contributed by atoms with Crippen LogP contribution in [-0.4, -0.2) is 23.9 Å². The first-order chi connectivity index (χ1) is 7.70. The molecule has 1 unspecified atom stereocenters. The normalized spacial score (nSPS) is 20.5. The molecule has 0 spiro atoms. The van der Waals surface area contributed by atoms with Gasteiger partial charge in [-0.3, -0.25) is 4.79 Å². The Morgan fingerprint density at radius 2 is 2.50 bits per heavy atom. The molecule has 1 aliphatic rings. The highest BCUT2D eigenvalue weighted by Crippen LogP contribution is 2.18. The van der Waals surface area contributed by atoms with Gasteiger partial charge in [-0.2, -0.15) is 5.26 Å². The lowest BCUT2D eigenvalue weighted by Gasteiger charge is -2.29. The van der Waals surface area contributed by atoms with E-state index in [0.717, 1.165) is 25.1 Å². The van der Waals surface area contributed by atoms with Crippen molar-refractivity contribution in [2.75, 3.05) is 13.1 Å². The molecule has 2 rings (SSSR count). The predicted molar refractivity (Wildman–Crippen MR) is 57.7 cm³/mol. The number of furan rings is 1. The number of carbonyl (C=O) groups excluding carboxylic acids is 1. The van der Waals surface area contributed by atoms with Crippen LogP contribution in [0.2, 0.25) is 0 Å². The zero-order valence-corrected chi connectivity index (χ0v) is 9.27. The van der Waals surface area contributed by atoms with Gasteiger partial charge in [0.2, 0.25) is 0 Å². The monoisotopic (exact) mass is 218 g/mol. The number of amides is 1. The number of hydrogen-bond donors (Lipinski definition) is 0. The van der Waals surface area contributed by atoms with Gasteiger partial charge in [0.05, 0.1) is 17.6 Å². The van der Waals surface area contributed by atoms with Crippen molar-refractivity contribution in [1.29, 1.82) is 5.26 Å². The molecule has 4 nitrogen and oxygen atoms in total. The number of rotatable bonds is 1. The van der Waals surface area contributed by atoms with Crippen LogP contribution in [-0.2, 0) is 0 Å². The van der Waals surface area contributed by atoms with Gasteiger partial charge in [0, 0.05) is 13.1 Å². The smallest absolute Gasteiger partial charge is 0.257 e. The van der Waals surface area contributed by atoms with Crippen LogP contribution in [0.1, 0.15) is 29.0 Å². The quantitative estimate of drug-likeness (QED) is 0.724. The molecule has 0 saturated carbocycles. The highest BCUT2D eigenvalue weighted by molar-refractivity contribution is 5.94. The number of nitriles is 1. The van der Waals surface area contributed by atoms with Crippen molar-refractivity contribution >= 4 is 5.91 Å². The SMILES string of the molecule is Cc1cc(C(=O)N2CCCC(C#N)C2)co1. The van der Waals surface area contributed by atoms with E-state index in [-0.39, 0.29) is 11.8 Å². The van der Waals surface area contributed by atoms with Gasteiger partial charge in [-0.05, 0) is 25.8 Å². The maximum absolute atomic E-state index is 12.0. The van der Waals surface area contributed by atoms with Crippen molar-refractivity contribution in [3.05, 3.63) is 23.7 Å². The lowest BCUT2D eigenvalue weighted by Crippen LogP contribution is -2.39. The summed E-state index contributed by atoms with van der Waals surface area (Å²) in [5, 5.41) is 8.86. The van der Waals surface area contributed by atoms with E-state index in [4.69, 9.17) is 9.68 Å². The summed E-state index contributed by atoms with van der Waals surface area (Å²) in [5.74, 6) is 0.680. The molecule has 1 fully saturated rings. The summed E-state index contributed by atoms with van der Waals surface area (Å²) < 4.78 is 5.12. The Kier molecular flexibility index (Phi) is 2.95. The van der Waals surface area contributed by atoms with Crippen LogP contribution in [0.4, 0.5) is 0 Å². The van der Waals surface area contributed by atoms with E-state index in [0.29, 0.717) is 12.1 Å². The second-order valence-corrected chi connectivity index (χ2v) is 4.17. The molecule has 1 aliphatic heterocycles. The Bertz CT molecular complexity index is 430.